The molecule has 1 aromatic carbocycles. The van der Waals surface area contributed by atoms with E-state index in [0.29, 0.717) is 5.92 Å². The number of benzene rings is 1. The number of rotatable bonds is 3. The maximum Gasteiger partial charge on any atom is 0.0785 e. The smallest absolute Gasteiger partial charge is 0.0785 e. The Morgan fingerprint density at radius 1 is 1.31 bits per heavy atom. The first-order valence-corrected chi connectivity index (χ1v) is 7.13. The summed E-state index contributed by atoms with van der Waals surface area (Å²) in [5.41, 5.74) is 2.18. The topological polar surface area (TPSA) is 20.2 Å². The van der Waals surface area contributed by atoms with Crippen LogP contribution in [-0.4, -0.2) is 22.2 Å². The van der Waals surface area contributed by atoms with Crippen molar-refractivity contribution in [3.8, 4) is 0 Å². The lowest BCUT2D eigenvalue weighted by atomic mass is 9.92. The second-order valence-electron chi connectivity index (χ2n) is 5.10. The molecule has 1 aliphatic heterocycles. The Bertz CT molecular complexity index is 336. The van der Waals surface area contributed by atoms with Gasteiger partial charge in [-0.3, -0.25) is 0 Å². The van der Waals surface area contributed by atoms with Crippen LogP contribution in [0.4, 0.5) is 0 Å². The summed E-state index contributed by atoms with van der Waals surface area (Å²) >= 11 is 1.86. The summed E-state index contributed by atoms with van der Waals surface area (Å²) < 4.78 is 0. The van der Waals surface area contributed by atoms with Gasteiger partial charge in [0.15, 0.2) is 0 Å². The fourth-order valence-corrected chi connectivity index (χ4v) is 3.43. The molecule has 0 bridgehead atoms. The van der Waals surface area contributed by atoms with Crippen LogP contribution in [0.3, 0.4) is 0 Å². The molecule has 88 valence electrons. The highest BCUT2D eigenvalue weighted by Crippen LogP contribution is 2.31. The Balaban J connectivity index is 2.05. The van der Waals surface area contributed by atoms with Crippen molar-refractivity contribution >= 4 is 11.8 Å². The molecule has 1 nitrogen and oxygen atoms in total. The minimum absolute atomic E-state index is 0.454. The Hall–Kier alpha value is -0.470. The van der Waals surface area contributed by atoms with Crippen molar-refractivity contribution in [3.63, 3.8) is 0 Å². The maximum atomic E-state index is 10.3. The SMILES string of the molecule is CC(C)c1ccc(CC2(O)CCSC2)cc1. The minimum Gasteiger partial charge on any atom is -0.389 e. The monoisotopic (exact) mass is 236 g/mol. The van der Waals surface area contributed by atoms with Gasteiger partial charge in [0.1, 0.15) is 0 Å². The van der Waals surface area contributed by atoms with Crippen molar-refractivity contribution < 1.29 is 5.11 Å². The van der Waals surface area contributed by atoms with Gasteiger partial charge < -0.3 is 5.11 Å². The molecule has 0 spiro atoms. The predicted molar refractivity (Wildman–Crippen MR) is 71.1 cm³/mol. The summed E-state index contributed by atoms with van der Waals surface area (Å²) in [5, 5.41) is 10.3. The lowest BCUT2D eigenvalue weighted by Gasteiger charge is -2.21. The zero-order chi connectivity index (χ0) is 11.6. The predicted octanol–water partition coefficient (Wildman–Crippen LogP) is 3.22. The zero-order valence-corrected chi connectivity index (χ0v) is 10.9. The van der Waals surface area contributed by atoms with Gasteiger partial charge in [-0.2, -0.15) is 11.8 Å². The van der Waals surface area contributed by atoms with Crippen LogP contribution in [0.2, 0.25) is 0 Å². The third-order valence-corrected chi connectivity index (χ3v) is 4.50. The molecule has 0 aliphatic carbocycles. The molecule has 1 aliphatic rings. The molecule has 1 atom stereocenters. The van der Waals surface area contributed by atoms with E-state index in [0.717, 1.165) is 24.3 Å². The Kier molecular flexibility index (Phi) is 3.60. The van der Waals surface area contributed by atoms with Gasteiger partial charge in [-0.1, -0.05) is 38.1 Å². The first kappa shape index (κ1) is 12.0. The highest BCUT2D eigenvalue weighted by molar-refractivity contribution is 7.99. The molecule has 1 aromatic rings. The van der Waals surface area contributed by atoms with Crippen LogP contribution in [0.5, 0.6) is 0 Å². The van der Waals surface area contributed by atoms with Crippen LogP contribution >= 0.6 is 11.8 Å². The van der Waals surface area contributed by atoms with Gasteiger partial charge in [0.05, 0.1) is 5.60 Å². The van der Waals surface area contributed by atoms with E-state index in [2.05, 4.69) is 38.1 Å². The summed E-state index contributed by atoms with van der Waals surface area (Å²) in [6, 6.07) is 8.70. The molecular formula is C14H20OS. The summed E-state index contributed by atoms with van der Waals surface area (Å²) in [4.78, 5) is 0. The maximum absolute atomic E-state index is 10.3. The first-order chi connectivity index (χ1) is 7.59. The molecule has 1 fully saturated rings. The van der Waals surface area contributed by atoms with Gasteiger partial charge in [0.2, 0.25) is 0 Å². The summed E-state index contributed by atoms with van der Waals surface area (Å²) in [6.45, 7) is 4.41. The number of hydrogen-bond acceptors (Lipinski definition) is 2. The van der Waals surface area contributed by atoms with Crippen molar-refractivity contribution in [3.05, 3.63) is 35.4 Å². The van der Waals surface area contributed by atoms with Crippen molar-refractivity contribution in [2.75, 3.05) is 11.5 Å². The van der Waals surface area contributed by atoms with Crippen molar-refractivity contribution in [2.45, 2.75) is 38.2 Å². The van der Waals surface area contributed by atoms with Crippen LogP contribution in [0, 0.1) is 0 Å². The van der Waals surface area contributed by atoms with Crippen LogP contribution < -0.4 is 0 Å². The Labute approximate surface area is 102 Å². The number of aliphatic hydroxyl groups is 1. The third-order valence-electron chi connectivity index (χ3n) is 3.26. The van der Waals surface area contributed by atoms with E-state index in [-0.39, 0.29) is 0 Å². The molecule has 2 heteroatoms. The Morgan fingerprint density at radius 2 is 2.00 bits per heavy atom. The van der Waals surface area contributed by atoms with Crippen molar-refractivity contribution in [1.29, 1.82) is 0 Å². The fourth-order valence-electron chi connectivity index (χ4n) is 2.14. The lowest BCUT2D eigenvalue weighted by Crippen LogP contribution is -2.30. The molecule has 1 N–H and O–H groups in total. The van der Waals surface area contributed by atoms with Crippen LogP contribution in [0.15, 0.2) is 24.3 Å². The van der Waals surface area contributed by atoms with Gasteiger partial charge in [0, 0.05) is 12.2 Å². The molecule has 0 saturated carbocycles. The van der Waals surface area contributed by atoms with E-state index in [1.165, 1.54) is 11.1 Å². The third kappa shape index (κ3) is 2.80. The standard InChI is InChI=1S/C14H20OS/c1-11(2)13-5-3-12(4-6-13)9-14(15)7-8-16-10-14/h3-6,11,15H,7-10H2,1-2H3. The zero-order valence-electron chi connectivity index (χ0n) is 10.1. The van der Waals surface area contributed by atoms with E-state index < -0.39 is 5.60 Å². The number of thioether (sulfide) groups is 1. The molecule has 1 unspecified atom stereocenters. The molecule has 1 saturated heterocycles. The van der Waals surface area contributed by atoms with Gasteiger partial charge >= 0.3 is 0 Å². The minimum atomic E-state index is -0.454. The van der Waals surface area contributed by atoms with Crippen molar-refractivity contribution in [1.82, 2.24) is 0 Å². The molecule has 0 aromatic heterocycles. The van der Waals surface area contributed by atoms with Gasteiger partial charge in [0.25, 0.3) is 0 Å². The molecule has 0 radical (unpaired) electrons. The van der Waals surface area contributed by atoms with E-state index in [4.69, 9.17) is 0 Å². The van der Waals surface area contributed by atoms with Gasteiger partial charge in [-0.05, 0) is 29.2 Å². The van der Waals surface area contributed by atoms with Crippen molar-refractivity contribution in [2.24, 2.45) is 0 Å². The van der Waals surface area contributed by atoms with E-state index in [1.807, 2.05) is 11.8 Å². The molecule has 16 heavy (non-hydrogen) atoms. The summed E-state index contributed by atoms with van der Waals surface area (Å²) in [5.74, 6) is 2.57. The highest BCUT2D eigenvalue weighted by atomic mass is 32.2. The summed E-state index contributed by atoms with van der Waals surface area (Å²) in [7, 11) is 0. The second-order valence-corrected chi connectivity index (χ2v) is 6.21. The molecule has 1 heterocycles. The van der Waals surface area contributed by atoms with Crippen LogP contribution in [0.25, 0.3) is 0 Å². The summed E-state index contributed by atoms with van der Waals surface area (Å²) in [6.07, 6.45) is 1.74. The lowest BCUT2D eigenvalue weighted by molar-refractivity contribution is 0.0686. The quantitative estimate of drug-likeness (QED) is 0.869. The average Bonchev–Trinajstić information content (AvgIpc) is 2.65. The second kappa shape index (κ2) is 4.80. The highest BCUT2D eigenvalue weighted by Gasteiger charge is 2.31. The number of hydrogen-bond donors (Lipinski definition) is 1. The average molecular weight is 236 g/mol. The molecule has 2 rings (SSSR count). The van der Waals surface area contributed by atoms with Gasteiger partial charge in [-0.25, -0.2) is 0 Å². The van der Waals surface area contributed by atoms with E-state index >= 15 is 0 Å². The van der Waals surface area contributed by atoms with E-state index in [1.54, 1.807) is 0 Å². The normalized spacial score (nSPS) is 25.2. The largest absolute Gasteiger partial charge is 0.389 e. The van der Waals surface area contributed by atoms with Gasteiger partial charge in [-0.15, -0.1) is 0 Å². The fraction of sp³-hybridized carbons (Fsp3) is 0.571. The van der Waals surface area contributed by atoms with Crippen LogP contribution in [0.1, 0.15) is 37.3 Å². The molecule has 0 amide bonds. The van der Waals surface area contributed by atoms with Crippen LogP contribution in [-0.2, 0) is 6.42 Å². The molecular weight excluding hydrogens is 216 g/mol. The van der Waals surface area contributed by atoms with E-state index in [9.17, 15) is 5.11 Å². The Morgan fingerprint density at radius 3 is 2.50 bits per heavy atom. The first-order valence-electron chi connectivity index (χ1n) is 5.98.